The number of hydrogen-bond donors (Lipinski definition) is 0. The van der Waals surface area contributed by atoms with Gasteiger partial charge in [-0.3, -0.25) is 0 Å². The number of rotatable bonds is 7. The Balaban J connectivity index is 4.14. The van der Waals surface area contributed by atoms with Crippen LogP contribution >= 0.6 is 0 Å². The van der Waals surface area contributed by atoms with E-state index in [0.717, 1.165) is 12.5 Å². The average molecular weight is 215 g/mol. The zero-order valence-corrected chi connectivity index (χ0v) is 10.7. The van der Waals surface area contributed by atoms with Gasteiger partial charge in [0.05, 0.1) is 0 Å². The van der Waals surface area contributed by atoms with E-state index in [4.69, 9.17) is 15.4 Å². The average Bonchev–Trinajstić information content (AvgIpc) is 2.04. The van der Waals surface area contributed by atoms with Gasteiger partial charge in [0.1, 0.15) is 6.10 Å². The molecule has 0 amide bonds. The van der Waals surface area contributed by atoms with Gasteiger partial charge in [-0.05, 0) is 26.4 Å². The fourth-order valence-corrected chi connectivity index (χ4v) is 4.29. The van der Waals surface area contributed by atoms with Crippen LogP contribution < -0.4 is 0 Å². The van der Waals surface area contributed by atoms with Crippen molar-refractivity contribution < 1.29 is 8.85 Å². The Labute approximate surface area is 88.5 Å². The first kappa shape index (κ1) is 13.6. The fourth-order valence-electron chi connectivity index (χ4n) is 1.52. The zero-order valence-electron chi connectivity index (χ0n) is 9.67. The fraction of sp³-hybridized carbons (Fsp3) is 0.900. The second kappa shape index (κ2) is 6.99. The molecule has 0 fully saturated rings. The van der Waals surface area contributed by atoms with Gasteiger partial charge in [-0.1, -0.05) is 13.3 Å². The summed E-state index contributed by atoms with van der Waals surface area (Å²) in [7, 11) is -1.99. The van der Waals surface area contributed by atoms with E-state index in [-0.39, 0.29) is 6.10 Å². The minimum Gasteiger partial charge on any atom is -0.395 e. The molecule has 0 aromatic carbocycles. The smallest absolute Gasteiger partial charge is 0.335 e. The highest BCUT2D eigenvalue weighted by Crippen LogP contribution is 2.17. The summed E-state index contributed by atoms with van der Waals surface area (Å²) in [5.41, 5.74) is 0. The maximum Gasteiger partial charge on any atom is 0.335 e. The van der Waals surface area contributed by atoms with Crippen molar-refractivity contribution in [1.82, 2.24) is 0 Å². The molecular weight excluding hydrogens is 194 g/mol. The number of hydrogen-bond acceptors (Lipinski definition) is 2. The van der Waals surface area contributed by atoms with Crippen LogP contribution in [0.25, 0.3) is 4.85 Å². The molecule has 14 heavy (non-hydrogen) atoms. The van der Waals surface area contributed by atoms with Gasteiger partial charge in [0, 0.05) is 6.61 Å². The van der Waals surface area contributed by atoms with Crippen LogP contribution in [0.3, 0.4) is 0 Å². The molecule has 0 saturated heterocycles. The molecule has 0 bridgehead atoms. The third kappa shape index (κ3) is 5.38. The Morgan fingerprint density at radius 1 is 1.43 bits per heavy atom. The SMILES string of the molecule is [C-]#[N+]CC(C)O[Si](C)(CCC)OCC. The maximum absolute atomic E-state index is 6.76. The maximum atomic E-state index is 6.76. The van der Waals surface area contributed by atoms with Gasteiger partial charge in [-0.2, -0.15) is 0 Å². The second-order valence-corrected chi connectivity index (χ2v) is 6.88. The molecule has 0 aromatic heterocycles. The van der Waals surface area contributed by atoms with Gasteiger partial charge in [-0.25, -0.2) is 6.57 Å². The summed E-state index contributed by atoms with van der Waals surface area (Å²) in [6, 6.07) is 1.00. The van der Waals surface area contributed by atoms with Crippen LogP contribution in [0.1, 0.15) is 27.2 Å². The first-order valence-corrected chi connectivity index (χ1v) is 7.75. The lowest BCUT2D eigenvalue weighted by atomic mass is 10.4. The van der Waals surface area contributed by atoms with Crippen LogP contribution in [0, 0.1) is 6.57 Å². The van der Waals surface area contributed by atoms with E-state index in [9.17, 15) is 0 Å². The molecule has 0 spiro atoms. The molecule has 0 radical (unpaired) electrons. The summed E-state index contributed by atoms with van der Waals surface area (Å²) >= 11 is 0. The molecule has 0 aromatic rings. The summed E-state index contributed by atoms with van der Waals surface area (Å²) in [5, 5.41) is 0. The van der Waals surface area contributed by atoms with Crippen LogP contribution in [0.2, 0.25) is 12.6 Å². The molecule has 2 unspecified atom stereocenters. The van der Waals surface area contributed by atoms with Crippen LogP contribution in [-0.2, 0) is 8.85 Å². The third-order valence-electron chi connectivity index (χ3n) is 1.95. The highest BCUT2D eigenvalue weighted by atomic mass is 28.4. The van der Waals surface area contributed by atoms with Gasteiger partial charge in [0.25, 0.3) is 0 Å². The molecular formula is C10H21NO2Si. The van der Waals surface area contributed by atoms with Gasteiger partial charge in [0.2, 0.25) is 6.54 Å². The monoisotopic (exact) mass is 215 g/mol. The predicted molar refractivity (Wildman–Crippen MR) is 60.4 cm³/mol. The lowest BCUT2D eigenvalue weighted by molar-refractivity contribution is 0.139. The van der Waals surface area contributed by atoms with Crippen LogP contribution in [-0.4, -0.2) is 27.8 Å². The summed E-state index contributed by atoms with van der Waals surface area (Å²) < 4.78 is 11.6. The van der Waals surface area contributed by atoms with E-state index < -0.39 is 8.56 Å². The largest absolute Gasteiger partial charge is 0.395 e. The molecule has 4 heteroatoms. The normalized spacial score (nSPS) is 17.1. The Hall–Kier alpha value is -0.373. The van der Waals surface area contributed by atoms with Gasteiger partial charge in [0.15, 0.2) is 0 Å². The van der Waals surface area contributed by atoms with Crippen molar-refractivity contribution in [3.8, 4) is 0 Å². The van der Waals surface area contributed by atoms with Crippen LogP contribution in [0.5, 0.6) is 0 Å². The first-order chi connectivity index (χ1) is 6.58. The van der Waals surface area contributed by atoms with Crippen molar-refractivity contribution in [3.63, 3.8) is 0 Å². The summed E-state index contributed by atoms with van der Waals surface area (Å²) in [5.74, 6) is 0. The molecule has 0 saturated carbocycles. The van der Waals surface area contributed by atoms with Gasteiger partial charge >= 0.3 is 8.56 Å². The van der Waals surface area contributed by atoms with Crippen molar-refractivity contribution in [2.24, 2.45) is 0 Å². The van der Waals surface area contributed by atoms with Crippen molar-refractivity contribution in [1.29, 1.82) is 0 Å². The summed E-state index contributed by atoms with van der Waals surface area (Å²) in [6.07, 6.45) is 1.08. The van der Waals surface area contributed by atoms with E-state index in [0.29, 0.717) is 13.2 Å². The van der Waals surface area contributed by atoms with Crippen LogP contribution in [0.15, 0.2) is 0 Å². The van der Waals surface area contributed by atoms with Crippen molar-refractivity contribution in [2.75, 3.05) is 13.2 Å². The highest BCUT2D eigenvalue weighted by Gasteiger charge is 2.32. The van der Waals surface area contributed by atoms with E-state index in [1.807, 2.05) is 13.8 Å². The molecule has 0 aliphatic carbocycles. The van der Waals surface area contributed by atoms with Crippen molar-refractivity contribution in [3.05, 3.63) is 11.4 Å². The molecule has 2 atom stereocenters. The molecule has 0 aliphatic rings. The third-order valence-corrected chi connectivity index (χ3v) is 5.16. The highest BCUT2D eigenvalue weighted by molar-refractivity contribution is 6.66. The van der Waals surface area contributed by atoms with Crippen molar-refractivity contribution >= 4 is 8.56 Å². The Bertz CT molecular complexity index is 185. The lowest BCUT2D eigenvalue weighted by Crippen LogP contribution is -2.42. The minimum atomic E-state index is -1.99. The molecule has 0 N–H and O–H groups in total. The number of nitrogens with zero attached hydrogens (tertiary/aromatic N) is 1. The molecule has 0 heterocycles. The zero-order chi connectivity index (χ0) is 11.0. The van der Waals surface area contributed by atoms with E-state index in [1.54, 1.807) is 0 Å². The first-order valence-electron chi connectivity index (χ1n) is 5.23. The lowest BCUT2D eigenvalue weighted by Gasteiger charge is -2.27. The van der Waals surface area contributed by atoms with E-state index in [1.165, 1.54) is 0 Å². The van der Waals surface area contributed by atoms with E-state index >= 15 is 0 Å². The topological polar surface area (TPSA) is 22.8 Å². The quantitative estimate of drug-likeness (QED) is 0.481. The molecule has 0 aliphatic heterocycles. The minimum absolute atomic E-state index is 0.00210. The summed E-state index contributed by atoms with van der Waals surface area (Å²) in [4.78, 5) is 3.33. The molecule has 3 nitrogen and oxygen atoms in total. The predicted octanol–water partition coefficient (Wildman–Crippen LogP) is 2.83. The van der Waals surface area contributed by atoms with Gasteiger partial charge in [-0.15, -0.1) is 0 Å². The van der Waals surface area contributed by atoms with Crippen LogP contribution in [0.4, 0.5) is 0 Å². The molecule has 82 valence electrons. The Morgan fingerprint density at radius 3 is 2.50 bits per heavy atom. The van der Waals surface area contributed by atoms with E-state index in [2.05, 4.69) is 18.3 Å². The second-order valence-electron chi connectivity index (χ2n) is 3.59. The summed E-state index contributed by atoms with van der Waals surface area (Å²) in [6.45, 7) is 16.0. The molecule has 0 rings (SSSR count). The van der Waals surface area contributed by atoms with Gasteiger partial charge < -0.3 is 13.7 Å². The van der Waals surface area contributed by atoms with Crippen molar-refractivity contribution in [2.45, 2.75) is 45.9 Å². The standard InChI is InChI=1S/C10H21NO2Si/c1-6-8-14(5,12-7-2)13-10(3)9-11-4/h10H,6-9H2,1-3,5H3. The Kier molecular flexibility index (Phi) is 6.80. The Morgan fingerprint density at radius 2 is 2.07 bits per heavy atom.